The molecular formula is C12H15N3O5. The summed E-state index contributed by atoms with van der Waals surface area (Å²) in [6, 6.07) is 3.97. The van der Waals surface area contributed by atoms with Gasteiger partial charge in [0.05, 0.1) is 11.5 Å². The van der Waals surface area contributed by atoms with Gasteiger partial charge < -0.3 is 15.3 Å². The minimum Gasteiger partial charge on any atom is -0.477 e. The van der Waals surface area contributed by atoms with Gasteiger partial charge in [-0.05, 0) is 19.1 Å². The molecule has 2 N–H and O–H groups in total. The van der Waals surface area contributed by atoms with Crippen LogP contribution in [0.25, 0.3) is 0 Å². The smallest absolute Gasteiger partial charge is 0.342 e. The number of carboxylic acids is 1. The molecule has 1 rings (SSSR count). The molecule has 1 amide bonds. The predicted octanol–water partition coefficient (Wildman–Crippen LogP) is 0.865. The number of likely N-dealkylation sites (N-methyl/N-ethyl adjacent to an activating group) is 2. The molecule has 0 aliphatic carbocycles. The molecule has 108 valence electrons. The summed E-state index contributed by atoms with van der Waals surface area (Å²) in [4.78, 5) is 34.2. The van der Waals surface area contributed by atoms with E-state index >= 15 is 0 Å². The van der Waals surface area contributed by atoms with E-state index in [1.54, 1.807) is 6.92 Å². The van der Waals surface area contributed by atoms with Crippen molar-refractivity contribution in [3.05, 3.63) is 33.9 Å². The summed E-state index contributed by atoms with van der Waals surface area (Å²) >= 11 is 0. The van der Waals surface area contributed by atoms with Gasteiger partial charge in [0, 0.05) is 13.6 Å². The lowest BCUT2D eigenvalue weighted by molar-refractivity contribution is -0.384. The zero-order chi connectivity index (χ0) is 15.3. The van der Waals surface area contributed by atoms with Crippen LogP contribution in [-0.2, 0) is 4.79 Å². The standard InChI is InChI=1S/C12H15N3O5/c1-3-13-10(16)7-14(2)9-6-4-5-8(12(17)18)11(9)15(19)20/h4-6H,3,7H2,1-2H3,(H,13,16)(H,17,18). The Kier molecular flexibility index (Phi) is 5.01. The number of nitro groups is 1. The molecular weight excluding hydrogens is 266 g/mol. The third-order valence-electron chi connectivity index (χ3n) is 2.59. The molecule has 20 heavy (non-hydrogen) atoms. The monoisotopic (exact) mass is 281 g/mol. The van der Waals surface area contributed by atoms with Crippen molar-refractivity contribution in [1.29, 1.82) is 0 Å². The molecule has 8 nitrogen and oxygen atoms in total. The highest BCUT2D eigenvalue weighted by Gasteiger charge is 2.26. The predicted molar refractivity (Wildman–Crippen MR) is 72.0 cm³/mol. The first kappa shape index (κ1) is 15.4. The first-order chi connectivity index (χ1) is 9.38. The molecule has 0 aliphatic heterocycles. The van der Waals surface area contributed by atoms with Gasteiger partial charge in [0.25, 0.3) is 0 Å². The number of hydrogen-bond donors (Lipinski definition) is 2. The number of anilines is 1. The Labute approximate surface area is 115 Å². The summed E-state index contributed by atoms with van der Waals surface area (Å²) < 4.78 is 0. The molecule has 0 heterocycles. The van der Waals surface area contributed by atoms with Gasteiger partial charge in [0.2, 0.25) is 5.91 Å². The highest BCUT2D eigenvalue weighted by Crippen LogP contribution is 2.31. The number of nitro benzene ring substituents is 1. The van der Waals surface area contributed by atoms with Crippen LogP contribution >= 0.6 is 0 Å². The third kappa shape index (κ3) is 3.44. The Morgan fingerprint density at radius 1 is 1.45 bits per heavy atom. The van der Waals surface area contributed by atoms with E-state index in [0.717, 1.165) is 6.07 Å². The number of nitrogens with zero attached hydrogens (tertiary/aromatic N) is 2. The van der Waals surface area contributed by atoms with Crippen LogP contribution in [0.15, 0.2) is 18.2 Å². The first-order valence-electron chi connectivity index (χ1n) is 5.87. The number of carboxylic acid groups (broad SMARTS) is 1. The molecule has 0 bridgehead atoms. The topological polar surface area (TPSA) is 113 Å². The van der Waals surface area contributed by atoms with Crippen molar-refractivity contribution in [2.24, 2.45) is 0 Å². The highest BCUT2D eigenvalue weighted by atomic mass is 16.6. The number of carbonyl (C=O) groups excluding carboxylic acids is 1. The molecule has 1 aromatic rings. The van der Waals surface area contributed by atoms with E-state index in [2.05, 4.69) is 5.32 Å². The maximum absolute atomic E-state index is 11.5. The van der Waals surface area contributed by atoms with Crippen molar-refractivity contribution in [2.75, 3.05) is 25.0 Å². The van der Waals surface area contributed by atoms with E-state index < -0.39 is 22.1 Å². The third-order valence-corrected chi connectivity index (χ3v) is 2.59. The molecule has 0 unspecified atom stereocenters. The molecule has 1 aromatic carbocycles. The second-order valence-corrected chi connectivity index (χ2v) is 4.05. The van der Waals surface area contributed by atoms with Crippen molar-refractivity contribution < 1.29 is 19.6 Å². The number of amides is 1. The summed E-state index contributed by atoms with van der Waals surface area (Å²) in [7, 11) is 1.49. The average molecular weight is 281 g/mol. The quantitative estimate of drug-likeness (QED) is 0.590. The first-order valence-corrected chi connectivity index (χ1v) is 5.87. The molecule has 0 saturated heterocycles. The minimum absolute atomic E-state index is 0.0844. The Hall–Kier alpha value is -2.64. The van der Waals surface area contributed by atoms with Crippen molar-refractivity contribution in [3.63, 3.8) is 0 Å². The summed E-state index contributed by atoms with van der Waals surface area (Å²) in [6.45, 7) is 2.10. The van der Waals surface area contributed by atoms with Crippen LogP contribution in [0.5, 0.6) is 0 Å². The molecule has 0 aromatic heterocycles. The Bertz CT molecular complexity index is 544. The summed E-state index contributed by atoms with van der Waals surface area (Å²) in [5, 5.41) is 22.6. The van der Waals surface area contributed by atoms with E-state index in [9.17, 15) is 19.7 Å². The van der Waals surface area contributed by atoms with E-state index in [4.69, 9.17) is 5.11 Å². The lowest BCUT2D eigenvalue weighted by atomic mass is 10.1. The summed E-state index contributed by atoms with van der Waals surface area (Å²) in [5.41, 5.74) is -0.844. The number of carbonyl (C=O) groups is 2. The van der Waals surface area contributed by atoms with E-state index in [1.165, 1.54) is 24.1 Å². The lowest BCUT2D eigenvalue weighted by Gasteiger charge is -2.19. The molecule has 0 fully saturated rings. The molecule has 0 atom stereocenters. The Balaban J connectivity index is 3.17. The second kappa shape index (κ2) is 6.50. The van der Waals surface area contributed by atoms with E-state index in [0.29, 0.717) is 6.54 Å². The van der Waals surface area contributed by atoms with Gasteiger partial charge >= 0.3 is 11.7 Å². The van der Waals surface area contributed by atoms with Gasteiger partial charge in [0.1, 0.15) is 11.3 Å². The maximum atomic E-state index is 11.5. The Morgan fingerprint density at radius 2 is 2.10 bits per heavy atom. The largest absolute Gasteiger partial charge is 0.477 e. The molecule has 0 aliphatic rings. The number of para-hydroxylation sites is 1. The lowest BCUT2D eigenvalue weighted by Crippen LogP contribution is -2.35. The highest BCUT2D eigenvalue weighted by molar-refractivity contribution is 5.96. The van der Waals surface area contributed by atoms with Crippen LogP contribution in [0.1, 0.15) is 17.3 Å². The molecule has 0 spiro atoms. The van der Waals surface area contributed by atoms with Crippen LogP contribution in [0.2, 0.25) is 0 Å². The Morgan fingerprint density at radius 3 is 2.60 bits per heavy atom. The van der Waals surface area contributed by atoms with Gasteiger partial charge in [-0.1, -0.05) is 6.07 Å². The van der Waals surface area contributed by atoms with E-state index in [-0.39, 0.29) is 18.1 Å². The van der Waals surface area contributed by atoms with Gasteiger partial charge in [0.15, 0.2) is 0 Å². The molecule has 8 heteroatoms. The van der Waals surface area contributed by atoms with Crippen LogP contribution in [0, 0.1) is 10.1 Å². The van der Waals surface area contributed by atoms with Crippen LogP contribution in [0.4, 0.5) is 11.4 Å². The van der Waals surface area contributed by atoms with Crippen LogP contribution < -0.4 is 10.2 Å². The fourth-order valence-corrected chi connectivity index (χ4v) is 1.76. The second-order valence-electron chi connectivity index (χ2n) is 4.05. The van der Waals surface area contributed by atoms with Crippen molar-refractivity contribution >= 4 is 23.3 Å². The average Bonchev–Trinajstić information content (AvgIpc) is 2.37. The summed E-state index contributed by atoms with van der Waals surface area (Å²) in [5.74, 6) is -1.69. The number of aromatic carboxylic acids is 1. The van der Waals surface area contributed by atoms with Crippen molar-refractivity contribution in [1.82, 2.24) is 5.32 Å². The van der Waals surface area contributed by atoms with Crippen molar-refractivity contribution in [2.45, 2.75) is 6.92 Å². The fraction of sp³-hybridized carbons (Fsp3) is 0.333. The zero-order valence-electron chi connectivity index (χ0n) is 11.1. The number of benzene rings is 1. The normalized spacial score (nSPS) is 9.90. The maximum Gasteiger partial charge on any atom is 0.342 e. The number of rotatable bonds is 6. The minimum atomic E-state index is -1.38. The SMILES string of the molecule is CCNC(=O)CN(C)c1cccc(C(=O)O)c1[N+](=O)[O-]. The van der Waals surface area contributed by atoms with Crippen LogP contribution in [-0.4, -0.2) is 42.0 Å². The summed E-state index contributed by atoms with van der Waals surface area (Å²) in [6.07, 6.45) is 0. The van der Waals surface area contributed by atoms with Crippen molar-refractivity contribution in [3.8, 4) is 0 Å². The fourth-order valence-electron chi connectivity index (χ4n) is 1.76. The molecule has 0 saturated carbocycles. The number of hydrogen-bond acceptors (Lipinski definition) is 5. The number of nitrogens with one attached hydrogen (secondary N) is 1. The van der Waals surface area contributed by atoms with Gasteiger partial charge in [-0.2, -0.15) is 0 Å². The zero-order valence-corrected chi connectivity index (χ0v) is 11.1. The van der Waals surface area contributed by atoms with E-state index in [1.807, 2.05) is 0 Å². The van der Waals surface area contributed by atoms with Crippen LogP contribution in [0.3, 0.4) is 0 Å². The van der Waals surface area contributed by atoms with Gasteiger partial charge in [-0.25, -0.2) is 4.79 Å². The molecule has 0 radical (unpaired) electrons. The van der Waals surface area contributed by atoms with Gasteiger partial charge in [-0.3, -0.25) is 14.9 Å². The van der Waals surface area contributed by atoms with Gasteiger partial charge in [-0.15, -0.1) is 0 Å².